The maximum absolute atomic E-state index is 14.6. The highest BCUT2D eigenvalue weighted by atomic mass is 32.2. The number of hydrogen-bond acceptors (Lipinski definition) is 4. The molecule has 3 aromatic rings. The molecule has 6 heteroatoms. The maximum atomic E-state index is 14.6. The molecule has 31 heavy (non-hydrogen) atoms. The Hall–Kier alpha value is -2.99. The largest absolute Gasteiger partial charge is 0.265 e. The van der Waals surface area contributed by atoms with Crippen molar-refractivity contribution in [2.24, 2.45) is 5.10 Å². The van der Waals surface area contributed by atoms with E-state index in [0.29, 0.717) is 11.5 Å². The minimum atomic E-state index is -0.521. The molecule has 3 nitrogen and oxygen atoms in total. The van der Waals surface area contributed by atoms with Crippen LogP contribution in [0.25, 0.3) is 0 Å². The van der Waals surface area contributed by atoms with Crippen LogP contribution in [0.3, 0.4) is 0 Å². The molecule has 0 saturated carbocycles. The van der Waals surface area contributed by atoms with Crippen LogP contribution < -0.4 is 0 Å². The quantitative estimate of drug-likeness (QED) is 0.504. The summed E-state index contributed by atoms with van der Waals surface area (Å²) in [5.74, 6) is -0.958. The molecule has 1 aliphatic heterocycles. The number of benzene rings is 2. The van der Waals surface area contributed by atoms with Crippen LogP contribution >= 0.6 is 11.8 Å². The standard InChI is InChI=1S/C25H21F2N3S/c1-17(15-18-10-13-28-14-11-18)30-25(12-4-6-19-5-2-3-7-22(19)25)31-24(29-30)21-16-20(26)8-9-23(21)27/h2-3,5,7-11,13-14,16H,1,4,6,12,15H2. The van der Waals surface area contributed by atoms with Crippen molar-refractivity contribution < 1.29 is 8.78 Å². The van der Waals surface area contributed by atoms with Gasteiger partial charge in [0, 0.05) is 30.1 Å². The van der Waals surface area contributed by atoms with Gasteiger partial charge >= 0.3 is 0 Å². The van der Waals surface area contributed by atoms with Gasteiger partial charge in [-0.25, -0.2) is 13.8 Å². The van der Waals surface area contributed by atoms with E-state index >= 15 is 0 Å². The predicted octanol–water partition coefficient (Wildman–Crippen LogP) is 6.02. The molecular formula is C25H21F2N3S. The van der Waals surface area contributed by atoms with Crippen LogP contribution in [0.15, 0.2) is 84.4 Å². The first kappa shape index (κ1) is 19.9. The minimum absolute atomic E-state index is 0.187. The fourth-order valence-electron chi connectivity index (χ4n) is 4.40. The van der Waals surface area contributed by atoms with E-state index in [9.17, 15) is 8.78 Å². The average Bonchev–Trinajstić information content (AvgIpc) is 3.16. The smallest absolute Gasteiger partial charge is 0.139 e. The summed E-state index contributed by atoms with van der Waals surface area (Å²) >= 11 is 1.50. The maximum Gasteiger partial charge on any atom is 0.139 e. The zero-order valence-electron chi connectivity index (χ0n) is 16.9. The Labute approximate surface area is 184 Å². The highest BCUT2D eigenvalue weighted by molar-refractivity contribution is 8.15. The van der Waals surface area contributed by atoms with Gasteiger partial charge in [0.25, 0.3) is 0 Å². The molecule has 1 atom stereocenters. The normalized spacial score (nSPS) is 19.9. The van der Waals surface area contributed by atoms with Gasteiger partial charge in [-0.3, -0.25) is 4.98 Å². The van der Waals surface area contributed by atoms with Crippen molar-refractivity contribution in [3.05, 3.63) is 113 Å². The lowest BCUT2D eigenvalue weighted by Gasteiger charge is -2.42. The minimum Gasteiger partial charge on any atom is -0.265 e. The first-order valence-corrected chi connectivity index (χ1v) is 11.1. The number of thioether (sulfide) groups is 1. The molecule has 1 aliphatic carbocycles. The molecule has 1 spiro atoms. The van der Waals surface area contributed by atoms with Crippen LogP contribution in [-0.4, -0.2) is 15.0 Å². The zero-order chi connectivity index (χ0) is 21.4. The third-order valence-electron chi connectivity index (χ3n) is 5.81. The zero-order valence-corrected chi connectivity index (χ0v) is 17.7. The van der Waals surface area contributed by atoms with E-state index in [4.69, 9.17) is 5.10 Å². The molecule has 156 valence electrons. The number of allylic oxidation sites excluding steroid dienone is 1. The van der Waals surface area contributed by atoms with E-state index in [-0.39, 0.29) is 5.56 Å². The summed E-state index contributed by atoms with van der Waals surface area (Å²) < 4.78 is 28.6. The molecule has 0 radical (unpaired) electrons. The molecule has 5 rings (SSSR count). The molecule has 2 aromatic carbocycles. The molecule has 1 aromatic heterocycles. The van der Waals surface area contributed by atoms with Crippen LogP contribution in [0.1, 0.15) is 35.1 Å². The summed E-state index contributed by atoms with van der Waals surface area (Å²) in [6.07, 6.45) is 6.92. The Morgan fingerprint density at radius 2 is 1.90 bits per heavy atom. The third-order valence-corrected chi connectivity index (χ3v) is 7.24. The molecule has 0 amide bonds. The van der Waals surface area contributed by atoms with Crippen molar-refractivity contribution in [2.45, 2.75) is 30.6 Å². The number of nitrogens with zero attached hydrogens (tertiary/aromatic N) is 3. The van der Waals surface area contributed by atoms with Crippen molar-refractivity contribution in [1.82, 2.24) is 9.99 Å². The second-order valence-corrected chi connectivity index (χ2v) is 9.10. The molecule has 0 bridgehead atoms. The lowest BCUT2D eigenvalue weighted by atomic mass is 9.86. The number of aryl methyl sites for hydroxylation is 1. The van der Waals surface area contributed by atoms with Gasteiger partial charge in [0.05, 0.1) is 0 Å². The molecular weight excluding hydrogens is 412 g/mol. The first-order valence-electron chi connectivity index (χ1n) is 10.3. The second-order valence-electron chi connectivity index (χ2n) is 7.84. The summed E-state index contributed by atoms with van der Waals surface area (Å²) in [5.41, 5.74) is 4.50. The van der Waals surface area contributed by atoms with Gasteiger partial charge < -0.3 is 0 Å². The molecule has 2 aliphatic rings. The highest BCUT2D eigenvalue weighted by Crippen LogP contribution is 2.55. The van der Waals surface area contributed by atoms with Crippen molar-refractivity contribution in [2.75, 3.05) is 0 Å². The van der Waals surface area contributed by atoms with Gasteiger partial charge in [-0.15, -0.1) is 0 Å². The fraction of sp³-hybridized carbons (Fsp3) is 0.200. The van der Waals surface area contributed by atoms with Crippen molar-refractivity contribution in [3.8, 4) is 0 Å². The van der Waals surface area contributed by atoms with Gasteiger partial charge in [0.15, 0.2) is 0 Å². The average molecular weight is 434 g/mol. The van der Waals surface area contributed by atoms with Crippen molar-refractivity contribution in [1.29, 1.82) is 0 Å². The monoisotopic (exact) mass is 433 g/mol. The lowest BCUT2D eigenvalue weighted by Crippen LogP contribution is -2.40. The summed E-state index contributed by atoms with van der Waals surface area (Å²) in [7, 11) is 0. The molecule has 0 N–H and O–H groups in total. The van der Waals surface area contributed by atoms with Gasteiger partial charge in [-0.05, 0) is 66.3 Å². The topological polar surface area (TPSA) is 28.5 Å². The number of aromatic nitrogens is 1. The molecule has 0 saturated heterocycles. The van der Waals surface area contributed by atoms with Crippen LogP contribution in [-0.2, 0) is 17.7 Å². The van der Waals surface area contributed by atoms with E-state index in [2.05, 4.69) is 23.7 Å². The van der Waals surface area contributed by atoms with E-state index in [1.807, 2.05) is 29.3 Å². The number of fused-ring (bicyclic) bond motifs is 2. The van der Waals surface area contributed by atoms with Gasteiger partial charge in [-0.1, -0.05) is 42.6 Å². The Kier molecular flexibility index (Phi) is 5.10. The number of hydrazone groups is 1. The Morgan fingerprint density at radius 1 is 1.10 bits per heavy atom. The first-order chi connectivity index (χ1) is 15.1. The van der Waals surface area contributed by atoms with Crippen LogP contribution in [0.4, 0.5) is 8.78 Å². The number of rotatable bonds is 4. The van der Waals surface area contributed by atoms with Gasteiger partial charge in [-0.2, -0.15) is 5.10 Å². The van der Waals surface area contributed by atoms with E-state index < -0.39 is 16.5 Å². The summed E-state index contributed by atoms with van der Waals surface area (Å²) in [5, 5.41) is 7.24. The molecule has 2 heterocycles. The van der Waals surface area contributed by atoms with Crippen LogP contribution in [0.5, 0.6) is 0 Å². The molecule has 0 fully saturated rings. The van der Waals surface area contributed by atoms with Crippen LogP contribution in [0, 0.1) is 11.6 Å². The Morgan fingerprint density at radius 3 is 2.74 bits per heavy atom. The third kappa shape index (κ3) is 3.55. The summed E-state index contributed by atoms with van der Waals surface area (Å²) in [6.45, 7) is 4.34. The van der Waals surface area contributed by atoms with E-state index in [1.54, 1.807) is 12.4 Å². The summed E-state index contributed by atoms with van der Waals surface area (Å²) in [6, 6.07) is 15.7. The fourth-order valence-corrected chi connectivity index (χ4v) is 5.92. The number of pyridine rings is 1. The van der Waals surface area contributed by atoms with Crippen LogP contribution in [0.2, 0.25) is 0 Å². The SMILES string of the molecule is C=C(Cc1ccncc1)N1N=C(c2cc(F)ccc2F)SC12CCCc1ccccc12. The van der Waals surface area contributed by atoms with E-state index in [0.717, 1.165) is 48.2 Å². The Balaban J connectivity index is 1.61. The lowest BCUT2D eigenvalue weighted by molar-refractivity contribution is 0.209. The van der Waals surface area contributed by atoms with Gasteiger partial charge in [0.2, 0.25) is 0 Å². The highest BCUT2D eigenvalue weighted by Gasteiger charge is 2.49. The van der Waals surface area contributed by atoms with Crippen molar-refractivity contribution in [3.63, 3.8) is 0 Å². The van der Waals surface area contributed by atoms with Crippen molar-refractivity contribution >= 4 is 16.8 Å². The summed E-state index contributed by atoms with van der Waals surface area (Å²) in [4.78, 5) is 3.56. The van der Waals surface area contributed by atoms with Gasteiger partial charge in [0.1, 0.15) is 21.5 Å². The second kappa shape index (κ2) is 7.93. The Bertz CT molecular complexity index is 1180. The predicted molar refractivity (Wildman–Crippen MR) is 120 cm³/mol. The number of hydrogen-bond donors (Lipinski definition) is 0. The molecule has 1 unspecified atom stereocenters. The number of halogens is 2. The van der Waals surface area contributed by atoms with E-state index in [1.165, 1.54) is 23.4 Å².